The molecule has 5 heteroatoms. The van der Waals surface area contributed by atoms with Gasteiger partial charge in [0.1, 0.15) is 0 Å². The number of hydrogen-bond acceptors (Lipinski definition) is 2. The summed E-state index contributed by atoms with van der Waals surface area (Å²) in [5, 5.41) is 0.584. The van der Waals surface area contributed by atoms with Crippen LogP contribution in [0.5, 0.6) is 0 Å². The minimum Gasteiger partial charge on any atom is -0.262 e. The van der Waals surface area contributed by atoms with Crippen molar-refractivity contribution in [1.82, 2.24) is 0 Å². The Morgan fingerprint density at radius 2 is 1.58 bits per heavy atom. The van der Waals surface area contributed by atoms with E-state index >= 15 is 0 Å². The molecule has 0 amide bonds. The van der Waals surface area contributed by atoms with E-state index in [1.807, 2.05) is 44.2 Å². The number of rotatable bonds is 5. The zero-order chi connectivity index (χ0) is 18.7. The summed E-state index contributed by atoms with van der Waals surface area (Å²) >= 11 is 6.09. The van der Waals surface area contributed by atoms with Gasteiger partial charge >= 0.3 is 0 Å². The standard InChI is InChI=1S/C21H20ClNO2S/c1-16-8-6-13-21(17(16)2)23(15-18-9-7-10-19(22)14-18)26(24,25)20-11-4-3-5-12-20/h3-14H,15H2,1-2H3. The lowest BCUT2D eigenvalue weighted by Crippen LogP contribution is -2.31. The molecule has 0 unspecified atom stereocenters. The van der Waals surface area contributed by atoms with Crippen LogP contribution in [-0.4, -0.2) is 8.42 Å². The number of hydrogen-bond donors (Lipinski definition) is 0. The van der Waals surface area contributed by atoms with Gasteiger partial charge in [-0.05, 0) is 60.9 Å². The fourth-order valence-corrected chi connectivity index (χ4v) is 4.57. The van der Waals surface area contributed by atoms with Crippen LogP contribution >= 0.6 is 11.6 Å². The van der Waals surface area contributed by atoms with Crippen LogP contribution in [0.2, 0.25) is 5.02 Å². The van der Waals surface area contributed by atoms with E-state index in [1.165, 1.54) is 4.31 Å². The summed E-state index contributed by atoms with van der Waals surface area (Å²) < 4.78 is 28.2. The van der Waals surface area contributed by atoms with Crippen LogP contribution in [0.4, 0.5) is 5.69 Å². The average molecular weight is 386 g/mol. The molecule has 0 fully saturated rings. The molecule has 0 aliphatic carbocycles. The quantitative estimate of drug-likeness (QED) is 0.593. The van der Waals surface area contributed by atoms with Crippen molar-refractivity contribution in [3.63, 3.8) is 0 Å². The molecule has 0 aliphatic heterocycles. The molecule has 0 aromatic heterocycles. The fourth-order valence-electron chi connectivity index (χ4n) is 2.83. The first-order chi connectivity index (χ1) is 12.4. The van der Waals surface area contributed by atoms with E-state index in [9.17, 15) is 8.42 Å². The average Bonchev–Trinajstić information content (AvgIpc) is 2.63. The Hall–Kier alpha value is -2.30. The molecule has 0 saturated heterocycles. The van der Waals surface area contributed by atoms with E-state index in [-0.39, 0.29) is 11.4 Å². The number of halogens is 1. The van der Waals surface area contributed by atoms with Gasteiger partial charge in [0.2, 0.25) is 0 Å². The van der Waals surface area contributed by atoms with Crippen molar-refractivity contribution in [3.05, 3.63) is 94.5 Å². The monoisotopic (exact) mass is 385 g/mol. The first-order valence-corrected chi connectivity index (χ1v) is 10.1. The molecular weight excluding hydrogens is 366 g/mol. The van der Waals surface area contributed by atoms with E-state index in [0.29, 0.717) is 10.7 Å². The molecule has 134 valence electrons. The van der Waals surface area contributed by atoms with E-state index in [1.54, 1.807) is 42.5 Å². The van der Waals surface area contributed by atoms with Gasteiger partial charge in [0.05, 0.1) is 17.1 Å². The summed E-state index contributed by atoms with van der Waals surface area (Å²) in [5.74, 6) is 0. The lowest BCUT2D eigenvalue weighted by molar-refractivity contribution is 0.590. The summed E-state index contributed by atoms with van der Waals surface area (Å²) in [6.07, 6.45) is 0. The fraction of sp³-hybridized carbons (Fsp3) is 0.143. The molecule has 3 nitrogen and oxygen atoms in total. The third-order valence-electron chi connectivity index (χ3n) is 4.39. The lowest BCUT2D eigenvalue weighted by atomic mass is 10.1. The first kappa shape index (κ1) is 18.5. The van der Waals surface area contributed by atoms with Crippen LogP contribution < -0.4 is 4.31 Å². The maximum atomic E-state index is 13.4. The minimum atomic E-state index is -3.71. The van der Waals surface area contributed by atoms with Crippen LogP contribution in [0, 0.1) is 13.8 Å². The maximum Gasteiger partial charge on any atom is 0.264 e. The predicted octanol–water partition coefficient (Wildman–Crippen LogP) is 5.35. The molecule has 0 heterocycles. The van der Waals surface area contributed by atoms with Gasteiger partial charge < -0.3 is 0 Å². The number of nitrogens with zero attached hydrogens (tertiary/aromatic N) is 1. The second-order valence-electron chi connectivity index (χ2n) is 6.17. The molecule has 0 aliphatic rings. The van der Waals surface area contributed by atoms with Crippen molar-refractivity contribution in [2.45, 2.75) is 25.3 Å². The summed E-state index contributed by atoms with van der Waals surface area (Å²) in [4.78, 5) is 0.267. The highest BCUT2D eigenvalue weighted by Gasteiger charge is 2.26. The van der Waals surface area contributed by atoms with Crippen molar-refractivity contribution < 1.29 is 8.42 Å². The van der Waals surface area contributed by atoms with Gasteiger partial charge in [-0.2, -0.15) is 0 Å². The van der Waals surface area contributed by atoms with Gasteiger partial charge in [-0.3, -0.25) is 4.31 Å². The predicted molar refractivity (Wildman–Crippen MR) is 107 cm³/mol. The summed E-state index contributed by atoms with van der Waals surface area (Å²) in [5.41, 5.74) is 3.49. The number of benzene rings is 3. The van der Waals surface area contributed by atoms with Gasteiger partial charge in [-0.15, -0.1) is 0 Å². The molecular formula is C21H20ClNO2S. The molecule has 0 atom stereocenters. The highest BCUT2D eigenvalue weighted by molar-refractivity contribution is 7.92. The van der Waals surface area contributed by atoms with Crippen LogP contribution in [0.25, 0.3) is 0 Å². The van der Waals surface area contributed by atoms with Gasteiger partial charge in [0.25, 0.3) is 10.0 Å². The van der Waals surface area contributed by atoms with Crippen LogP contribution in [0.1, 0.15) is 16.7 Å². The van der Waals surface area contributed by atoms with Crippen LogP contribution in [0.15, 0.2) is 77.7 Å². The summed E-state index contributed by atoms with van der Waals surface area (Å²) in [6.45, 7) is 4.13. The summed E-state index contributed by atoms with van der Waals surface area (Å²) in [7, 11) is -3.71. The molecule has 3 aromatic rings. The summed E-state index contributed by atoms with van der Waals surface area (Å²) in [6, 6.07) is 21.5. The smallest absolute Gasteiger partial charge is 0.262 e. The van der Waals surface area contributed by atoms with Crippen molar-refractivity contribution >= 4 is 27.3 Å². The topological polar surface area (TPSA) is 37.4 Å². The van der Waals surface area contributed by atoms with Crippen LogP contribution in [-0.2, 0) is 16.6 Å². The molecule has 0 bridgehead atoms. The molecule has 0 saturated carbocycles. The SMILES string of the molecule is Cc1cccc(N(Cc2cccc(Cl)c2)S(=O)(=O)c2ccccc2)c1C. The first-order valence-electron chi connectivity index (χ1n) is 8.28. The van der Waals surface area contributed by atoms with Gasteiger partial charge in [0.15, 0.2) is 0 Å². The molecule has 3 aromatic carbocycles. The van der Waals surface area contributed by atoms with Crippen molar-refractivity contribution in [1.29, 1.82) is 0 Å². The Morgan fingerprint density at radius 1 is 0.885 bits per heavy atom. The maximum absolute atomic E-state index is 13.4. The van der Waals surface area contributed by atoms with E-state index in [0.717, 1.165) is 16.7 Å². The number of aryl methyl sites for hydroxylation is 1. The van der Waals surface area contributed by atoms with Crippen molar-refractivity contribution in [2.24, 2.45) is 0 Å². The Balaban J connectivity index is 2.14. The van der Waals surface area contributed by atoms with Gasteiger partial charge in [0, 0.05) is 5.02 Å². The third kappa shape index (κ3) is 3.76. The molecule has 0 N–H and O–H groups in total. The van der Waals surface area contributed by atoms with Crippen molar-refractivity contribution in [2.75, 3.05) is 4.31 Å². The zero-order valence-corrected chi connectivity index (χ0v) is 16.3. The highest BCUT2D eigenvalue weighted by atomic mass is 35.5. The second-order valence-corrected chi connectivity index (χ2v) is 8.47. The van der Waals surface area contributed by atoms with Gasteiger partial charge in [-0.1, -0.05) is 54.1 Å². The Morgan fingerprint density at radius 3 is 2.27 bits per heavy atom. The normalized spacial score (nSPS) is 11.3. The number of anilines is 1. The Kier molecular flexibility index (Phi) is 5.35. The Bertz CT molecular complexity index is 1020. The molecule has 0 spiro atoms. The van der Waals surface area contributed by atoms with E-state index in [4.69, 9.17) is 11.6 Å². The second kappa shape index (κ2) is 7.52. The molecule has 26 heavy (non-hydrogen) atoms. The largest absolute Gasteiger partial charge is 0.264 e. The third-order valence-corrected chi connectivity index (χ3v) is 6.40. The highest BCUT2D eigenvalue weighted by Crippen LogP contribution is 2.30. The minimum absolute atomic E-state index is 0.210. The number of sulfonamides is 1. The lowest BCUT2D eigenvalue weighted by Gasteiger charge is -2.27. The molecule has 3 rings (SSSR count). The van der Waals surface area contributed by atoms with Gasteiger partial charge in [-0.25, -0.2) is 8.42 Å². The zero-order valence-electron chi connectivity index (χ0n) is 14.7. The van der Waals surface area contributed by atoms with E-state index < -0.39 is 10.0 Å². The Labute approximate surface area is 159 Å². The van der Waals surface area contributed by atoms with Crippen molar-refractivity contribution in [3.8, 4) is 0 Å². The molecule has 0 radical (unpaired) electrons. The van der Waals surface area contributed by atoms with Crippen LogP contribution in [0.3, 0.4) is 0 Å². The van der Waals surface area contributed by atoms with E-state index in [2.05, 4.69) is 0 Å².